The fourth-order valence-electron chi connectivity index (χ4n) is 4.83. The van der Waals surface area contributed by atoms with E-state index in [4.69, 9.17) is 9.47 Å². The summed E-state index contributed by atoms with van der Waals surface area (Å²) in [6, 6.07) is 14.0. The number of anilines is 1. The number of hydrogen-bond donors (Lipinski definition) is 2. The monoisotopic (exact) mass is 490 g/mol. The Morgan fingerprint density at radius 2 is 1.69 bits per heavy atom. The van der Waals surface area contributed by atoms with Gasteiger partial charge in [0, 0.05) is 4.88 Å². The zero-order valence-corrected chi connectivity index (χ0v) is 21.3. The van der Waals surface area contributed by atoms with Gasteiger partial charge in [0.05, 0.1) is 18.2 Å². The third-order valence-electron chi connectivity index (χ3n) is 7.02. The number of hydrogen-bond acceptors (Lipinski definition) is 6. The summed E-state index contributed by atoms with van der Waals surface area (Å²) in [7, 11) is 1.58. The van der Waals surface area contributed by atoms with Crippen molar-refractivity contribution >= 4 is 28.2 Å². The lowest BCUT2D eigenvalue weighted by molar-refractivity contribution is 0.0734. The van der Waals surface area contributed by atoms with Crippen LogP contribution < -0.4 is 20.1 Å². The molecule has 7 heteroatoms. The first-order chi connectivity index (χ1) is 16.7. The third kappa shape index (κ3) is 4.65. The van der Waals surface area contributed by atoms with E-state index >= 15 is 0 Å². The van der Waals surface area contributed by atoms with Gasteiger partial charge >= 0.3 is 5.97 Å². The SMILES string of the molecule is COc1ccc(C(=O)Oc2ccc([C@H]3NC(=O)c4c(sc5c4CC[C@@H](C(C)(C)C)C5)N3)cc2)cc1. The molecule has 5 rings (SSSR count). The van der Waals surface area contributed by atoms with Crippen molar-refractivity contribution in [2.24, 2.45) is 11.3 Å². The molecule has 2 aromatic carbocycles. The van der Waals surface area contributed by atoms with Gasteiger partial charge in [-0.3, -0.25) is 4.79 Å². The van der Waals surface area contributed by atoms with Gasteiger partial charge in [-0.2, -0.15) is 0 Å². The summed E-state index contributed by atoms with van der Waals surface area (Å²) in [5, 5.41) is 7.57. The topological polar surface area (TPSA) is 76.7 Å². The Labute approximate surface area is 209 Å². The van der Waals surface area contributed by atoms with E-state index in [9.17, 15) is 9.59 Å². The predicted molar refractivity (Wildman–Crippen MR) is 138 cm³/mol. The van der Waals surface area contributed by atoms with Gasteiger partial charge in [0.25, 0.3) is 5.91 Å². The summed E-state index contributed by atoms with van der Waals surface area (Å²) in [5.74, 6) is 1.29. The molecule has 3 aromatic rings. The van der Waals surface area contributed by atoms with Gasteiger partial charge in [0.15, 0.2) is 0 Å². The Hall–Kier alpha value is -3.32. The van der Waals surface area contributed by atoms with Crippen LogP contribution in [0.15, 0.2) is 48.5 Å². The lowest BCUT2D eigenvalue weighted by Crippen LogP contribution is -2.38. The molecule has 1 aliphatic heterocycles. The number of fused-ring (bicyclic) bond motifs is 3. The smallest absolute Gasteiger partial charge is 0.343 e. The second kappa shape index (κ2) is 9.04. The lowest BCUT2D eigenvalue weighted by Gasteiger charge is -2.34. The highest BCUT2D eigenvalue weighted by Crippen LogP contribution is 2.46. The van der Waals surface area contributed by atoms with E-state index in [1.807, 2.05) is 12.1 Å². The molecule has 0 radical (unpaired) electrons. The Morgan fingerprint density at radius 3 is 2.34 bits per heavy atom. The van der Waals surface area contributed by atoms with Crippen molar-refractivity contribution in [3.05, 3.63) is 75.7 Å². The van der Waals surface area contributed by atoms with Gasteiger partial charge in [0.2, 0.25) is 0 Å². The summed E-state index contributed by atoms with van der Waals surface area (Å²) in [5.41, 5.74) is 3.64. The molecule has 0 unspecified atom stereocenters. The van der Waals surface area contributed by atoms with E-state index in [0.29, 0.717) is 23.0 Å². The van der Waals surface area contributed by atoms with E-state index in [1.54, 1.807) is 54.8 Å². The number of rotatable bonds is 4. The Balaban J connectivity index is 1.29. The lowest BCUT2D eigenvalue weighted by atomic mass is 9.72. The number of esters is 1. The number of methoxy groups -OCH3 is 1. The van der Waals surface area contributed by atoms with Crippen LogP contribution in [0.4, 0.5) is 5.00 Å². The van der Waals surface area contributed by atoms with E-state index < -0.39 is 5.97 Å². The van der Waals surface area contributed by atoms with Crippen LogP contribution in [0.5, 0.6) is 11.5 Å². The summed E-state index contributed by atoms with van der Waals surface area (Å²) >= 11 is 1.72. The molecule has 2 atom stereocenters. The molecule has 2 heterocycles. The molecular formula is C28H30N2O4S. The normalized spacial score (nSPS) is 19.1. The van der Waals surface area contributed by atoms with Gasteiger partial charge in [-0.1, -0.05) is 32.9 Å². The number of amides is 1. The van der Waals surface area contributed by atoms with Crippen LogP contribution in [0.2, 0.25) is 0 Å². The van der Waals surface area contributed by atoms with Crippen LogP contribution in [0, 0.1) is 11.3 Å². The van der Waals surface area contributed by atoms with Gasteiger partial charge < -0.3 is 20.1 Å². The van der Waals surface area contributed by atoms with Crippen molar-refractivity contribution in [2.45, 2.75) is 46.2 Å². The average molecular weight is 491 g/mol. The second-order valence-corrected chi connectivity index (χ2v) is 11.4. The quantitative estimate of drug-likeness (QED) is 0.347. The van der Waals surface area contributed by atoms with Crippen molar-refractivity contribution in [1.82, 2.24) is 5.32 Å². The fourth-order valence-corrected chi connectivity index (χ4v) is 6.18. The van der Waals surface area contributed by atoms with Gasteiger partial charge in [-0.15, -0.1) is 11.3 Å². The number of carbonyl (C=O) groups is 2. The zero-order chi connectivity index (χ0) is 24.7. The van der Waals surface area contributed by atoms with Gasteiger partial charge in [-0.05, 0) is 78.1 Å². The molecule has 2 N–H and O–H groups in total. The van der Waals surface area contributed by atoms with Crippen molar-refractivity contribution < 1.29 is 19.1 Å². The molecule has 0 saturated heterocycles. The highest BCUT2D eigenvalue weighted by Gasteiger charge is 2.36. The standard InChI is InChI=1S/C28H30N2O4S/c1-28(2,3)18-9-14-21-22(15-18)35-26-23(21)25(31)29-24(30-26)16-5-12-20(13-6-16)34-27(32)17-7-10-19(33-4)11-8-17/h5-8,10-13,18,24,30H,9,14-15H2,1-4H3,(H,29,31)/t18-,24+/m1/s1. The maximum Gasteiger partial charge on any atom is 0.343 e. The summed E-state index contributed by atoms with van der Waals surface area (Å²) in [6.45, 7) is 6.90. The van der Waals surface area contributed by atoms with Crippen molar-refractivity contribution in [3.8, 4) is 11.5 Å². The maximum absolute atomic E-state index is 13.1. The van der Waals surface area contributed by atoms with E-state index in [1.165, 1.54) is 10.4 Å². The fraction of sp³-hybridized carbons (Fsp3) is 0.357. The molecule has 1 aliphatic carbocycles. The van der Waals surface area contributed by atoms with Gasteiger partial charge in [-0.25, -0.2) is 4.79 Å². The third-order valence-corrected chi connectivity index (χ3v) is 8.20. The molecule has 0 bridgehead atoms. The van der Waals surface area contributed by atoms with Crippen LogP contribution in [0.3, 0.4) is 0 Å². The van der Waals surface area contributed by atoms with Crippen molar-refractivity contribution in [3.63, 3.8) is 0 Å². The van der Waals surface area contributed by atoms with Crippen molar-refractivity contribution in [2.75, 3.05) is 12.4 Å². The molecule has 35 heavy (non-hydrogen) atoms. The number of carbonyl (C=O) groups excluding carboxylic acids is 2. The minimum Gasteiger partial charge on any atom is -0.497 e. The molecular weight excluding hydrogens is 460 g/mol. The summed E-state index contributed by atoms with van der Waals surface area (Å²) in [4.78, 5) is 26.8. The number of benzene rings is 2. The molecule has 0 saturated carbocycles. The van der Waals surface area contributed by atoms with E-state index in [0.717, 1.165) is 35.4 Å². The molecule has 182 valence electrons. The van der Waals surface area contributed by atoms with Crippen molar-refractivity contribution in [1.29, 1.82) is 0 Å². The average Bonchev–Trinajstić information content (AvgIpc) is 3.22. The van der Waals surface area contributed by atoms with E-state index in [-0.39, 0.29) is 17.5 Å². The molecule has 6 nitrogen and oxygen atoms in total. The minimum absolute atomic E-state index is 0.0227. The molecule has 0 spiro atoms. The molecule has 1 amide bonds. The van der Waals surface area contributed by atoms with E-state index in [2.05, 4.69) is 31.4 Å². The first-order valence-corrected chi connectivity index (χ1v) is 12.7. The first kappa shape index (κ1) is 23.4. The maximum atomic E-state index is 13.1. The molecule has 1 aromatic heterocycles. The number of thiophene rings is 1. The van der Waals surface area contributed by atoms with Crippen LogP contribution in [0.1, 0.15) is 70.1 Å². The first-order valence-electron chi connectivity index (χ1n) is 11.9. The van der Waals surface area contributed by atoms with Gasteiger partial charge in [0.1, 0.15) is 22.7 Å². The minimum atomic E-state index is -0.438. The highest BCUT2D eigenvalue weighted by atomic mass is 32.1. The summed E-state index contributed by atoms with van der Waals surface area (Å²) in [6.07, 6.45) is 2.77. The number of ether oxygens (including phenoxy) is 2. The Morgan fingerprint density at radius 1 is 1.00 bits per heavy atom. The van der Waals surface area contributed by atoms with Crippen LogP contribution >= 0.6 is 11.3 Å². The second-order valence-electron chi connectivity index (χ2n) is 10.3. The molecule has 0 fully saturated rings. The molecule has 2 aliphatic rings. The van der Waals surface area contributed by atoms with Crippen LogP contribution in [-0.4, -0.2) is 19.0 Å². The predicted octanol–water partition coefficient (Wildman–Crippen LogP) is 5.98. The largest absolute Gasteiger partial charge is 0.497 e. The summed E-state index contributed by atoms with van der Waals surface area (Å²) < 4.78 is 10.6. The zero-order valence-electron chi connectivity index (χ0n) is 20.4. The highest BCUT2D eigenvalue weighted by molar-refractivity contribution is 7.16. The Bertz CT molecular complexity index is 1260. The van der Waals surface area contributed by atoms with Crippen LogP contribution in [-0.2, 0) is 12.8 Å². The Kier molecular flexibility index (Phi) is 6.05. The van der Waals surface area contributed by atoms with Crippen LogP contribution in [0.25, 0.3) is 0 Å². The number of nitrogens with one attached hydrogen (secondary N) is 2.